The molecule has 1 heterocycles. The van der Waals surface area contributed by atoms with Crippen LogP contribution in [0, 0.1) is 0 Å². The average molecular weight is 265 g/mol. The molecular weight excluding hydrogens is 242 g/mol. The number of aliphatic hydroxyl groups excluding tert-OH is 1. The first-order valence-corrected chi connectivity index (χ1v) is 6.85. The van der Waals surface area contributed by atoms with Gasteiger partial charge in [0.05, 0.1) is 24.9 Å². The first-order valence-electron chi connectivity index (χ1n) is 6.85. The maximum atomic E-state index is 9.79. The fourth-order valence-electron chi connectivity index (χ4n) is 2.38. The molecule has 2 N–H and O–H groups in total. The van der Waals surface area contributed by atoms with Crippen LogP contribution in [0.2, 0.25) is 0 Å². The Kier molecular flexibility index (Phi) is 5.34. The number of aliphatic hydroxyl groups is 1. The van der Waals surface area contributed by atoms with Crippen LogP contribution in [0.3, 0.4) is 0 Å². The third kappa shape index (κ3) is 3.54. The third-order valence-electron chi connectivity index (χ3n) is 3.81. The highest BCUT2D eigenvalue weighted by Gasteiger charge is 2.31. The molecule has 0 bridgehead atoms. The smallest absolute Gasteiger partial charge is 0.0903 e. The Balaban J connectivity index is 2.02. The van der Waals surface area contributed by atoms with Crippen LogP contribution in [0.4, 0.5) is 0 Å². The minimum absolute atomic E-state index is 0.0106. The van der Waals surface area contributed by atoms with E-state index in [4.69, 9.17) is 9.47 Å². The molecule has 106 valence electrons. The Labute approximate surface area is 114 Å². The lowest BCUT2D eigenvalue weighted by atomic mass is 9.91. The van der Waals surface area contributed by atoms with Gasteiger partial charge in [0.1, 0.15) is 0 Å². The summed E-state index contributed by atoms with van der Waals surface area (Å²) in [4.78, 5) is 0. The van der Waals surface area contributed by atoms with Crippen LogP contribution in [0.1, 0.15) is 18.4 Å². The number of hydrogen-bond acceptors (Lipinski definition) is 4. The van der Waals surface area contributed by atoms with Gasteiger partial charge in [0, 0.05) is 13.2 Å². The molecule has 1 aliphatic rings. The predicted octanol–water partition coefficient (Wildman–Crippen LogP) is 1.29. The van der Waals surface area contributed by atoms with Gasteiger partial charge in [-0.1, -0.05) is 30.3 Å². The van der Waals surface area contributed by atoms with Crippen LogP contribution in [0.15, 0.2) is 30.3 Å². The van der Waals surface area contributed by atoms with Crippen LogP contribution in [0.25, 0.3) is 0 Å². The van der Waals surface area contributed by atoms with E-state index in [1.54, 1.807) is 0 Å². The maximum absolute atomic E-state index is 9.79. The van der Waals surface area contributed by atoms with E-state index in [0.29, 0.717) is 6.61 Å². The number of ether oxygens (including phenoxy) is 2. The van der Waals surface area contributed by atoms with E-state index in [9.17, 15) is 5.11 Å². The van der Waals surface area contributed by atoms with Crippen molar-refractivity contribution < 1.29 is 14.6 Å². The topological polar surface area (TPSA) is 50.7 Å². The fraction of sp³-hybridized carbons (Fsp3) is 0.600. The van der Waals surface area contributed by atoms with Crippen molar-refractivity contribution in [2.75, 3.05) is 33.5 Å². The molecule has 0 aliphatic carbocycles. The van der Waals surface area contributed by atoms with E-state index in [1.807, 2.05) is 37.4 Å². The minimum Gasteiger partial charge on any atom is -0.394 e. The molecule has 1 unspecified atom stereocenters. The second-order valence-corrected chi connectivity index (χ2v) is 4.98. The number of likely N-dealkylation sites (N-methyl/N-ethyl adjacent to an activating group) is 1. The van der Waals surface area contributed by atoms with Gasteiger partial charge in [-0.3, -0.25) is 0 Å². The van der Waals surface area contributed by atoms with Crippen LogP contribution in [-0.2, 0) is 15.0 Å². The van der Waals surface area contributed by atoms with E-state index in [-0.39, 0.29) is 12.7 Å². The lowest BCUT2D eigenvalue weighted by Crippen LogP contribution is -2.48. The molecule has 1 atom stereocenters. The highest BCUT2D eigenvalue weighted by Crippen LogP contribution is 2.23. The van der Waals surface area contributed by atoms with Gasteiger partial charge < -0.3 is 19.9 Å². The zero-order valence-corrected chi connectivity index (χ0v) is 11.5. The van der Waals surface area contributed by atoms with Crippen molar-refractivity contribution in [2.24, 2.45) is 0 Å². The Hall–Kier alpha value is -0.940. The molecule has 0 amide bonds. The summed E-state index contributed by atoms with van der Waals surface area (Å²) in [6.07, 6.45) is 2.09. The van der Waals surface area contributed by atoms with Gasteiger partial charge in [0.15, 0.2) is 0 Å². The summed E-state index contributed by atoms with van der Waals surface area (Å²) in [5, 5.41) is 13.0. The first kappa shape index (κ1) is 14.5. The minimum atomic E-state index is -0.528. The average Bonchev–Trinajstić information content (AvgIpc) is 2.51. The van der Waals surface area contributed by atoms with E-state index >= 15 is 0 Å². The second-order valence-electron chi connectivity index (χ2n) is 4.98. The SMILES string of the molecule is CNC(CO)(COC1CCOCC1)c1ccccc1. The summed E-state index contributed by atoms with van der Waals surface area (Å²) < 4.78 is 11.3. The fourth-order valence-corrected chi connectivity index (χ4v) is 2.38. The molecular formula is C15H23NO3. The largest absolute Gasteiger partial charge is 0.394 e. The maximum Gasteiger partial charge on any atom is 0.0903 e. The summed E-state index contributed by atoms with van der Waals surface area (Å²) in [7, 11) is 1.86. The van der Waals surface area contributed by atoms with Crippen LogP contribution in [-0.4, -0.2) is 44.7 Å². The zero-order valence-electron chi connectivity index (χ0n) is 11.5. The lowest BCUT2D eigenvalue weighted by molar-refractivity contribution is -0.0597. The molecule has 19 heavy (non-hydrogen) atoms. The highest BCUT2D eigenvalue weighted by molar-refractivity contribution is 5.24. The molecule has 1 aliphatic heterocycles. The van der Waals surface area contributed by atoms with Crippen molar-refractivity contribution in [2.45, 2.75) is 24.5 Å². The molecule has 1 saturated heterocycles. The Morgan fingerprint density at radius 2 is 2.00 bits per heavy atom. The normalized spacial score (nSPS) is 20.1. The van der Waals surface area contributed by atoms with Gasteiger partial charge in [-0.25, -0.2) is 0 Å². The molecule has 4 heteroatoms. The van der Waals surface area contributed by atoms with Crippen LogP contribution >= 0.6 is 0 Å². The standard InChI is InChI=1S/C15H23NO3/c1-16-15(11-17,13-5-3-2-4-6-13)12-19-14-7-9-18-10-8-14/h2-6,14,16-17H,7-12H2,1H3. The van der Waals surface area contributed by atoms with Gasteiger partial charge in [-0.2, -0.15) is 0 Å². The van der Waals surface area contributed by atoms with Gasteiger partial charge in [-0.15, -0.1) is 0 Å². The van der Waals surface area contributed by atoms with Crippen molar-refractivity contribution in [3.05, 3.63) is 35.9 Å². The summed E-state index contributed by atoms with van der Waals surface area (Å²) in [6.45, 7) is 2.01. The Morgan fingerprint density at radius 1 is 1.32 bits per heavy atom. The van der Waals surface area contributed by atoms with Crippen molar-refractivity contribution in [1.29, 1.82) is 0 Å². The van der Waals surface area contributed by atoms with Crippen molar-refractivity contribution in [3.63, 3.8) is 0 Å². The van der Waals surface area contributed by atoms with E-state index in [2.05, 4.69) is 5.32 Å². The molecule has 0 radical (unpaired) electrons. The lowest BCUT2D eigenvalue weighted by Gasteiger charge is -2.34. The summed E-state index contributed by atoms with van der Waals surface area (Å²) in [5.74, 6) is 0. The van der Waals surface area contributed by atoms with Crippen LogP contribution in [0.5, 0.6) is 0 Å². The zero-order chi connectivity index (χ0) is 13.6. The molecule has 4 nitrogen and oxygen atoms in total. The Morgan fingerprint density at radius 3 is 2.58 bits per heavy atom. The first-order chi connectivity index (χ1) is 9.30. The van der Waals surface area contributed by atoms with Gasteiger partial charge in [0.25, 0.3) is 0 Å². The molecule has 1 aromatic carbocycles. The van der Waals surface area contributed by atoms with Crippen LogP contribution < -0.4 is 5.32 Å². The van der Waals surface area contributed by atoms with E-state index < -0.39 is 5.54 Å². The van der Waals surface area contributed by atoms with Crippen molar-refractivity contribution >= 4 is 0 Å². The number of nitrogens with one attached hydrogen (secondary N) is 1. The molecule has 0 saturated carbocycles. The number of hydrogen-bond donors (Lipinski definition) is 2. The van der Waals surface area contributed by atoms with Gasteiger partial charge in [0.2, 0.25) is 0 Å². The molecule has 1 fully saturated rings. The third-order valence-corrected chi connectivity index (χ3v) is 3.81. The summed E-state index contributed by atoms with van der Waals surface area (Å²) >= 11 is 0. The second kappa shape index (κ2) is 7.01. The predicted molar refractivity (Wildman–Crippen MR) is 74.1 cm³/mol. The van der Waals surface area contributed by atoms with E-state index in [0.717, 1.165) is 31.6 Å². The Bertz CT molecular complexity index is 359. The monoisotopic (exact) mass is 265 g/mol. The van der Waals surface area contributed by atoms with Gasteiger partial charge in [-0.05, 0) is 25.5 Å². The van der Waals surface area contributed by atoms with E-state index in [1.165, 1.54) is 0 Å². The van der Waals surface area contributed by atoms with Crippen molar-refractivity contribution in [3.8, 4) is 0 Å². The number of rotatable bonds is 6. The molecule has 1 aromatic rings. The summed E-state index contributed by atoms with van der Waals surface area (Å²) in [5.41, 5.74) is 0.520. The summed E-state index contributed by atoms with van der Waals surface area (Å²) in [6, 6.07) is 9.96. The molecule has 2 rings (SSSR count). The highest BCUT2D eigenvalue weighted by atomic mass is 16.5. The quantitative estimate of drug-likeness (QED) is 0.814. The molecule has 0 spiro atoms. The number of benzene rings is 1. The van der Waals surface area contributed by atoms with Gasteiger partial charge >= 0.3 is 0 Å². The van der Waals surface area contributed by atoms with Crippen molar-refractivity contribution in [1.82, 2.24) is 5.32 Å². The molecule has 0 aromatic heterocycles.